The molecule has 2 rings (SSSR count). The molecule has 0 aromatic heterocycles. The fraction of sp³-hybridized carbons (Fsp3) is 1.00. The molecule has 0 spiro atoms. The maximum atomic E-state index is 11.9. The van der Waals surface area contributed by atoms with Gasteiger partial charge in [-0.05, 0) is 6.92 Å². The lowest BCUT2D eigenvalue weighted by Crippen LogP contribution is -2.37. The van der Waals surface area contributed by atoms with Crippen molar-refractivity contribution in [1.82, 2.24) is 4.67 Å². The standard InChI is InChI=1S/C10H22NO12P3/c1-8-6-9(12)10(21-8)7-20-25(15,16)23-26(17,18)22-24(13,14)11-2-4-19-5-3-11/h8-10,12H,2-7H2,1H3,(H,13,14)(H,15,16)(H,17,18)/p-3/t8-,9+,10+/m0/s1. The zero-order chi connectivity index (χ0) is 19.6. The molecule has 0 aliphatic carbocycles. The minimum atomic E-state index is -5.80. The van der Waals surface area contributed by atoms with Crippen molar-refractivity contribution >= 4 is 23.4 Å². The molecule has 2 saturated heterocycles. The molecule has 3 unspecified atom stereocenters. The first-order valence-electron chi connectivity index (χ1n) is 7.57. The van der Waals surface area contributed by atoms with Gasteiger partial charge in [-0.2, -0.15) is 0 Å². The highest BCUT2D eigenvalue weighted by Gasteiger charge is 2.34. The molecular weight excluding hydrogens is 419 g/mol. The molecule has 0 aromatic rings. The van der Waals surface area contributed by atoms with Crippen molar-refractivity contribution in [2.24, 2.45) is 0 Å². The molecule has 0 amide bonds. The molecule has 16 heteroatoms. The van der Waals surface area contributed by atoms with E-state index in [4.69, 9.17) is 9.47 Å². The number of nitrogens with zero attached hydrogens (tertiary/aromatic N) is 1. The summed E-state index contributed by atoms with van der Waals surface area (Å²) in [5, 5.41) is 9.61. The second-order valence-electron chi connectivity index (χ2n) is 5.68. The molecule has 2 aliphatic rings. The molecule has 13 nitrogen and oxygen atoms in total. The van der Waals surface area contributed by atoms with Gasteiger partial charge in [0.25, 0.3) is 15.6 Å². The van der Waals surface area contributed by atoms with E-state index in [2.05, 4.69) is 13.1 Å². The molecule has 26 heavy (non-hydrogen) atoms. The van der Waals surface area contributed by atoms with Gasteiger partial charge in [-0.15, -0.1) is 0 Å². The second kappa shape index (κ2) is 8.75. The van der Waals surface area contributed by atoms with Crippen LogP contribution in [0.3, 0.4) is 0 Å². The number of hydrogen-bond acceptors (Lipinski definition) is 12. The minimum absolute atomic E-state index is 0.0326. The van der Waals surface area contributed by atoms with Crippen molar-refractivity contribution in [3.8, 4) is 0 Å². The van der Waals surface area contributed by atoms with Crippen LogP contribution in [0.2, 0.25) is 0 Å². The van der Waals surface area contributed by atoms with Crippen LogP contribution in [0.15, 0.2) is 0 Å². The Labute approximate surface area is 149 Å². The normalized spacial score (nSPS) is 34.7. The van der Waals surface area contributed by atoms with Gasteiger partial charge in [-0.1, -0.05) is 0 Å². The Balaban J connectivity index is 1.90. The maximum absolute atomic E-state index is 11.9. The third-order valence-electron chi connectivity index (χ3n) is 3.54. The van der Waals surface area contributed by atoms with Crippen LogP contribution >= 0.6 is 23.4 Å². The van der Waals surface area contributed by atoms with E-state index >= 15 is 0 Å². The molecule has 0 aromatic carbocycles. The third-order valence-corrected chi connectivity index (χ3v) is 8.33. The average molecular weight is 438 g/mol. The lowest BCUT2D eigenvalue weighted by molar-refractivity contribution is -0.249. The largest absolute Gasteiger partial charge is 0.766 e. The summed E-state index contributed by atoms with van der Waals surface area (Å²) in [6.45, 7) is 0.705. The van der Waals surface area contributed by atoms with Gasteiger partial charge in [0.2, 0.25) is 7.75 Å². The van der Waals surface area contributed by atoms with Crippen molar-refractivity contribution in [2.45, 2.75) is 31.7 Å². The zero-order valence-corrected chi connectivity index (χ0v) is 16.4. The van der Waals surface area contributed by atoms with E-state index in [0.717, 1.165) is 0 Å². The van der Waals surface area contributed by atoms with Gasteiger partial charge in [0.15, 0.2) is 0 Å². The van der Waals surface area contributed by atoms with E-state index in [9.17, 15) is 33.5 Å². The molecule has 0 bridgehead atoms. The van der Waals surface area contributed by atoms with Crippen molar-refractivity contribution in [2.75, 3.05) is 32.9 Å². The lowest BCUT2D eigenvalue weighted by Gasteiger charge is -2.41. The Kier molecular flexibility index (Phi) is 7.60. The molecule has 0 radical (unpaired) electrons. The minimum Gasteiger partial charge on any atom is -0.766 e. The summed E-state index contributed by atoms with van der Waals surface area (Å²) in [4.78, 5) is 35.1. The first kappa shape index (κ1) is 22.6. The Morgan fingerprint density at radius 1 is 1.12 bits per heavy atom. The van der Waals surface area contributed by atoms with Crippen molar-refractivity contribution in [3.05, 3.63) is 0 Å². The number of aliphatic hydroxyl groups is 1. The van der Waals surface area contributed by atoms with Crippen LogP contribution in [-0.2, 0) is 36.3 Å². The second-order valence-corrected chi connectivity index (χ2v) is 10.5. The Hall–Kier alpha value is 0.290. The SMILES string of the molecule is C[C@H]1C[C@@H](O)[C@@H](COP(=O)([O-])OP(=O)([O-])OP(=O)([O-])N2CCOCC2)O1. The van der Waals surface area contributed by atoms with Gasteiger partial charge in [-0.25, -0.2) is 8.98 Å². The predicted octanol–water partition coefficient (Wildman–Crippen LogP) is -1.69. The first-order valence-corrected chi connectivity index (χ1v) is 12.0. The molecule has 0 saturated carbocycles. The van der Waals surface area contributed by atoms with E-state index in [1.54, 1.807) is 6.92 Å². The van der Waals surface area contributed by atoms with Crippen LogP contribution in [0, 0.1) is 0 Å². The van der Waals surface area contributed by atoms with Crippen LogP contribution in [-0.4, -0.2) is 61.0 Å². The summed E-state index contributed by atoms with van der Waals surface area (Å²) < 4.78 is 57.9. The molecule has 154 valence electrons. The fourth-order valence-corrected chi connectivity index (χ4v) is 6.35. The summed E-state index contributed by atoms with van der Waals surface area (Å²) >= 11 is 0. The van der Waals surface area contributed by atoms with Gasteiger partial charge in [-0.3, -0.25) is 18.0 Å². The zero-order valence-electron chi connectivity index (χ0n) is 13.7. The van der Waals surface area contributed by atoms with Crippen LogP contribution in [0.5, 0.6) is 0 Å². The number of rotatable bonds is 8. The van der Waals surface area contributed by atoms with Crippen LogP contribution < -0.4 is 14.7 Å². The van der Waals surface area contributed by atoms with Crippen molar-refractivity contribution in [3.63, 3.8) is 0 Å². The first-order chi connectivity index (χ1) is 11.9. The number of phosphoric acid groups is 2. The highest BCUT2D eigenvalue weighted by molar-refractivity contribution is 7.66. The molecule has 2 fully saturated rings. The van der Waals surface area contributed by atoms with Crippen molar-refractivity contribution < 1.29 is 56.1 Å². The monoisotopic (exact) mass is 438 g/mol. The number of phosphoric ester groups is 1. The summed E-state index contributed by atoms with van der Waals surface area (Å²) in [5.41, 5.74) is 0. The summed E-state index contributed by atoms with van der Waals surface area (Å²) in [6.07, 6.45) is -2.08. The molecule has 2 heterocycles. The summed E-state index contributed by atoms with van der Waals surface area (Å²) in [5.74, 6) is 0. The third kappa shape index (κ3) is 6.72. The van der Waals surface area contributed by atoms with E-state index in [-0.39, 0.29) is 38.8 Å². The smallest absolute Gasteiger partial charge is 0.280 e. The highest BCUT2D eigenvalue weighted by Crippen LogP contribution is 2.63. The van der Waals surface area contributed by atoms with E-state index in [0.29, 0.717) is 4.67 Å². The Morgan fingerprint density at radius 3 is 2.27 bits per heavy atom. The summed E-state index contributed by atoms with van der Waals surface area (Å²) in [7, 11) is -16.4. The number of morpholine rings is 1. The van der Waals surface area contributed by atoms with E-state index in [1.165, 1.54) is 0 Å². The maximum Gasteiger partial charge on any atom is 0.280 e. The molecule has 1 N–H and O–H groups in total. The fourth-order valence-electron chi connectivity index (χ4n) is 2.39. The number of hydrogen-bond donors (Lipinski definition) is 1. The molecule has 2 aliphatic heterocycles. The molecular formula is C10H19NO12P3-3. The highest BCUT2D eigenvalue weighted by atomic mass is 31.3. The average Bonchev–Trinajstić information content (AvgIpc) is 2.82. The van der Waals surface area contributed by atoms with E-state index in [1.807, 2.05) is 0 Å². The quantitative estimate of drug-likeness (QED) is 0.423. The van der Waals surface area contributed by atoms with Gasteiger partial charge in [0.1, 0.15) is 6.10 Å². The molecule has 6 atom stereocenters. The van der Waals surface area contributed by atoms with Gasteiger partial charge < -0.3 is 33.8 Å². The number of aliphatic hydroxyl groups excluding tert-OH is 1. The lowest BCUT2D eigenvalue weighted by atomic mass is 10.1. The van der Waals surface area contributed by atoms with Gasteiger partial charge in [0, 0.05) is 19.5 Å². The van der Waals surface area contributed by atoms with Crippen LogP contribution in [0.25, 0.3) is 0 Å². The van der Waals surface area contributed by atoms with Gasteiger partial charge >= 0.3 is 0 Å². The predicted molar refractivity (Wildman–Crippen MR) is 78.3 cm³/mol. The number of ether oxygens (including phenoxy) is 2. The van der Waals surface area contributed by atoms with E-state index < -0.39 is 42.2 Å². The Bertz CT molecular complexity index is 624. The van der Waals surface area contributed by atoms with Gasteiger partial charge in [0.05, 0.1) is 32.0 Å². The Morgan fingerprint density at radius 2 is 1.73 bits per heavy atom. The van der Waals surface area contributed by atoms with Crippen molar-refractivity contribution in [1.29, 1.82) is 0 Å². The van der Waals surface area contributed by atoms with Crippen LogP contribution in [0.4, 0.5) is 0 Å². The van der Waals surface area contributed by atoms with Crippen LogP contribution in [0.1, 0.15) is 13.3 Å². The topological polar surface area (TPSA) is 190 Å². The summed E-state index contributed by atoms with van der Waals surface area (Å²) in [6, 6.07) is 0.